The molecule has 0 aliphatic carbocycles. The number of Topliss-reactive ketones (excluding diaryl/α,β-unsaturated/α-hetero) is 2. The van der Waals surface area contributed by atoms with Gasteiger partial charge in [0.15, 0.2) is 11.6 Å². The smallest absolute Gasteiger partial charge is 0.194 e. The summed E-state index contributed by atoms with van der Waals surface area (Å²) in [5.41, 5.74) is 0.331. The lowest BCUT2D eigenvalue weighted by molar-refractivity contribution is 0.0357. The molecule has 0 radical (unpaired) electrons. The van der Waals surface area contributed by atoms with Crippen molar-refractivity contribution in [2.45, 2.75) is 64.6 Å². The van der Waals surface area contributed by atoms with Gasteiger partial charge < -0.3 is 10.2 Å². The highest BCUT2D eigenvalue weighted by Crippen LogP contribution is 2.21. The summed E-state index contributed by atoms with van der Waals surface area (Å²) in [6.45, 7) is 6.56. The molecule has 0 saturated carbocycles. The summed E-state index contributed by atoms with van der Waals surface area (Å²) in [5, 5.41) is 20.2. The van der Waals surface area contributed by atoms with Gasteiger partial charge >= 0.3 is 0 Å². The number of ketones is 2. The summed E-state index contributed by atoms with van der Waals surface area (Å²) < 4.78 is 0. The molecule has 0 saturated heterocycles. The number of aliphatic hydroxyl groups is 2. The van der Waals surface area contributed by atoms with Crippen LogP contribution in [0.5, 0.6) is 0 Å². The molecular weight excluding hydrogens is 352 g/mol. The largest absolute Gasteiger partial charge is 0.382 e. The number of hydrogen-bond donors (Lipinski definition) is 2. The minimum absolute atomic E-state index is 0.248. The minimum Gasteiger partial charge on any atom is -0.382 e. The van der Waals surface area contributed by atoms with E-state index in [0.29, 0.717) is 24.0 Å². The van der Waals surface area contributed by atoms with Crippen molar-refractivity contribution in [1.82, 2.24) is 0 Å². The molecule has 2 aromatic carbocycles. The van der Waals surface area contributed by atoms with Gasteiger partial charge in [0.05, 0.1) is 0 Å². The molecule has 2 rings (SSSR count). The highest BCUT2D eigenvalue weighted by Gasteiger charge is 2.30. The lowest BCUT2D eigenvalue weighted by Gasteiger charge is -2.21. The number of carbonyl (C=O) groups is 2. The van der Waals surface area contributed by atoms with Crippen molar-refractivity contribution in [2.75, 3.05) is 0 Å². The highest BCUT2D eigenvalue weighted by atomic mass is 16.3. The van der Waals surface area contributed by atoms with Crippen LogP contribution in [0.15, 0.2) is 48.5 Å². The molecule has 0 bridgehead atoms. The van der Waals surface area contributed by atoms with Crippen LogP contribution in [0.4, 0.5) is 0 Å². The third-order valence-electron chi connectivity index (χ3n) is 4.90. The Morgan fingerprint density at radius 2 is 1.21 bits per heavy atom. The average molecular weight is 383 g/mol. The van der Waals surface area contributed by atoms with Gasteiger partial charge in [0.1, 0.15) is 11.2 Å². The number of unbranched alkanes of at least 4 members (excludes halogenated alkanes) is 1. The van der Waals surface area contributed by atoms with Crippen LogP contribution >= 0.6 is 0 Å². The van der Waals surface area contributed by atoms with E-state index >= 15 is 0 Å². The molecule has 28 heavy (non-hydrogen) atoms. The molecule has 0 aromatic heterocycles. The van der Waals surface area contributed by atoms with Crippen molar-refractivity contribution in [1.29, 1.82) is 0 Å². The molecule has 0 aliphatic rings. The van der Waals surface area contributed by atoms with Crippen molar-refractivity contribution >= 4 is 11.6 Å². The summed E-state index contributed by atoms with van der Waals surface area (Å²) in [7, 11) is 0. The summed E-state index contributed by atoms with van der Waals surface area (Å²) in [4.78, 5) is 24.6. The first kappa shape index (κ1) is 22.0. The quantitative estimate of drug-likeness (QED) is 0.632. The summed E-state index contributed by atoms with van der Waals surface area (Å²) in [6.07, 6.45) is 2.86. The fourth-order valence-electron chi connectivity index (χ4n) is 3.08. The molecule has 0 amide bonds. The average Bonchev–Trinajstić information content (AvgIpc) is 2.66. The fourth-order valence-corrected chi connectivity index (χ4v) is 3.08. The van der Waals surface area contributed by atoms with Gasteiger partial charge in [-0.25, -0.2) is 0 Å². The third kappa shape index (κ3) is 5.60. The molecule has 4 nitrogen and oxygen atoms in total. The van der Waals surface area contributed by atoms with Crippen molar-refractivity contribution in [3.63, 3.8) is 0 Å². The van der Waals surface area contributed by atoms with Crippen molar-refractivity contribution < 1.29 is 19.8 Å². The van der Waals surface area contributed by atoms with E-state index in [4.69, 9.17) is 0 Å². The first-order valence-corrected chi connectivity index (χ1v) is 9.77. The Morgan fingerprint density at radius 1 is 0.786 bits per heavy atom. The van der Waals surface area contributed by atoms with E-state index in [-0.39, 0.29) is 11.6 Å². The van der Waals surface area contributed by atoms with E-state index in [0.717, 1.165) is 24.0 Å². The maximum absolute atomic E-state index is 12.5. The Balaban J connectivity index is 2.06. The van der Waals surface area contributed by atoms with Crippen LogP contribution in [0.25, 0.3) is 0 Å². The number of benzene rings is 2. The molecule has 2 N–H and O–H groups in total. The second kappa shape index (κ2) is 8.80. The second-order valence-corrected chi connectivity index (χ2v) is 8.17. The number of rotatable bonds is 9. The zero-order valence-corrected chi connectivity index (χ0v) is 17.2. The molecule has 0 fully saturated rings. The fraction of sp³-hybridized carbons (Fsp3) is 0.417. The van der Waals surface area contributed by atoms with Crippen LogP contribution in [0.3, 0.4) is 0 Å². The van der Waals surface area contributed by atoms with Gasteiger partial charge in [0, 0.05) is 11.1 Å². The van der Waals surface area contributed by atoms with E-state index < -0.39 is 11.2 Å². The van der Waals surface area contributed by atoms with Crippen LogP contribution in [0, 0.1) is 0 Å². The standard InChI is InChI=1S/C24H30O4/c1-5-6-15-24(4,28)22(26)20-13-9-18(10-14-20)16-17-7-11-19(12-8-17)21(25)23(2,3)27/h7-14,27-28H,5-6,15-16H2,1-4H3. The molecule has 1 unspecified atom stereocenters. The highest BCUT2D eigenvalue weighted by molar-refractivity contribution is 6.02. The van der Waals surface area contributed by atoms with Gasteiger partial charge in [-0.3, -0.25) is 9.59 Å². The van der Waals surface area contributed by atoms with Crippen LogP contribution in [0.1, 0.15) is 78.8 Å². The molecule has 1 atom stereocenters. The summed E-state index contributed by atoms with van der Waals surface area (Å²) >= 11 is 0. The van der Waals surface area contributed by atoms with E-state index in [2.05, 4.69) is 0 Å². The van der Waals surface area contributed by atoms with Gasteiger partial charge in [-0.1, -0.05) is 68.3 Å². The zero-order valence-electron chi connectivity index (χ0n) is 17.2. The summed E-state index contributed by atoms with van der Waals surface area (Å²) in [6, 6.07) is 14.5. The maximum Gasteiger partial charge on any atom is 0.194 e. The third-order valence-corrected chi connectivity index (χ3v) is 4.90. The molecular formula is C24H30O4. The van der Waals surface area contributed by atoms with Crippen molar-refractivity contribution in [2.24, 2.45) is 0 Å². The van der Waals surface area contributed by atoms with Gasteiger partial charge in [0.2, 0.25) is 0 Å². The van der Waals surface area contributed by atoms with E-state index in [9.17, 15) is 19.8 Å². The Hall–Kier alpha value is -2.30. The van der Waals surface area contributed by atoms with Crippen molar-refractivity contribution in [3.8, 4) is 0 Å². The minimum atomic E-state index is -1.39. The molecule has 0 aliphatic heterocycles. The van der Waals surface area contributed by atoms with Gasteiger partial charge in [-0.05, 0) is 44.7 Å². The predicted molar refractivity (Wildman–Crippen MR) is 111 cm³/mol. The first-order valence-electron chi connectivity index (χ1n) is 9.77. The number of carbonyl (C=O) groups excluding carboxylic acids is 2. The summed E-state index contributed by atoms with van der Waals surface area (Å²) in [5.74, 6) is -0.556. The topological polar surface area (TPSA) is 74.6 Å². The van der Waals surface area contributed by atoms with Crippen LogP contribution in [-0.4, -0.2) is 33.0 Å². The van der Waals surface area contributed by atoms with Gasteiger partial charge in [-0.15, -0.1) is 0 Å². The molecule has 2 aromatic rings. The van der Waals surface area contributed by atoms with Crippen LogP contribution in [-0.2, 0) is 6.42 Å². The van der Waals surface area contributed by atoms with Crippen LogP contribution in [0.2, 0.25) is 0 Å². The lowest BCUT2D eigenvalue weighted by atomic mass is 9.89. The van der Waals surface area contributed by atoms with Gasteiger partial charge in [0.25, 0.3) is 0 Å². The Morgan fingerprint density at radius 3 is 1.61 bits per heavy atom. The lowest BCUT2D eigenvalue weighted by Crippen LogP contribution is -2.35. The SMILES string of the molecule is CCCCC(C)(O)C(=O)c1ccc(Cc2ccc(C(=O)C(C)(C)O)cc2)cc1. The molecule has 4 heteroatoms. The predicted octanol–water partition coefficient (Wildman–Crippen LogP) is 4.35. The van der Waals surface area contributed by atoms with E-state index in [1.165, 1.54) is 13.8 Å². The molecule has 0 spiro atoms. The van der Waals surface area contributed by atoms with E-state index in [1.54, 1.807) is 31.2 Å². The first-order chi connectivity index (χ1) is 13.0. The van der Waals surface area contributed by atoms with Crippen molar-refractivity contribution in [3.05, 3.63) is 70.8 Å². The molecule has 0 heterocycles. The van der Waals surface area contributed by atoms with Gasteiger partial charge in [-0.2, -0.15) is 0 Å². The Labute approximate surface area is 167 Å². The maximum atomic E-state index is 12.5. The second-order valence-electron chi connectivity index (χ2n) is 8.17. The van der Waals surface area contributed by atoms with Crippen LogP contribution < -0.4 is 0 Å². The monoisotopic (exact) mass is 382 g/mol. The Kier molecular flexibility index (Phi) is 6.91. The molecule has 150 valence electrons. The number of hydrogen-bond acceptors (Lipinski definition) is 4. The van der Waals surface area contributed by atoms with E-state index in [1.807, 2.05) is 31.2 Å². The zero-order chi connectivity index (χ0) is 20.9. The normalized spacial score (nSPS) is 13.8. The Bertz CT molecular complexity index is 809.